The highest BCUT2D eigenvalue weighted by atomic mass is 16.5. The maximum absolute atomic E-state index is 10.3. The van der Waals surface area contributed by atoms with E-state index in [0.29, 0.717) is 6.61 Å². The minimum atomic E-state index is -1.07. The van der Waals surface area contributed by atoms with Crippen molar-refractivity contribution in [3.63, 3.8) is 0 Å². The lowest BCUT2D eigenvalue weighted by atomic mass is 10.0. The molecule has 1 saturated heterocycles. The van der Waals surface area contributed by atoms with Crippen molar-refractivity contribution in [3.05, 3.63) is 0 Å². The van der Waals surface area contributed by atoms with E-state index < -0.39 is 6.09 Å². The summed E-state index contributed by atoms with van der Waals surface area (Å²) in [6, 6.07) is -0.263. The van der Waals surface area contributed by atoms with E-state index in [-0.39, 0.29) is 18.8 Å². The second-order valence-electron chi connectivity index (χ2n) is 2.79. The van der Waals surface area contributed by atoms with Gasteiger partial charge in [0.2, 0.25) is 0 Å². The molecule has 1 aliphatic rings. The number of hydrogen-bond acceptors (Lipinski definition) is 3. The Morgan fingerprint density at radius 1 is 1.67 bits per heavy atom. The fourth-order valence-electron chi connectivity index (χ4n) is 1.34. The fourth-order valence-corrected chi connectivity index (χ4v) is 1.34. The Balaban J connectivity index is 2.41. The van der Waals surface area contributed by atoms with Gasteiger partial charge in [0, 0.05) is 6.61 Å². The van der Waals surface area contributed by atoms with Crippen LogP contribution in [-0.2, 0) is 4.74 Å². The quantitative estimate of drug-likeness (QED) is 0.542. The number of rotatable bonds is 2. The van der Waals surface area contributed by atoms with E-state index in [1.54, 1.807) is 0 Å². The molecule has 3 N–H and O–H groups in total. The van der Waals surface area contributed by atoms with Gasteiger partial charge in [-0.25, -0.2) is 4.79 Å². The van der Waals surface area contributed by atoms with Gasteiger partial charge in [0.25, 0.3) is 0 Å². The number of ether oxygens (including phenoxy) is 1. The third kappa shape index (κ3) is 2.35. The zero-order chi connectivity index (χ0) is 8.97. The molecule has 1 heterocycles. The van der Waals surface area contributed by atoms with E-state index in [1.165, 1.54) is 0 Å². The fraction of sp³-hybridized carbons (Fsp3) is 0.857. The molecule has 0 spiro atoms. The first-order valence-electron chi connectivity index (χ1n) is 3.96. The van der Waals surface area contributed by atoms with Gasteiger partial charge < -0.3 is 20.3 Å². The smallest absolute Gasteiger partial charge is 0.404 e. The van der Waals surface area contributed by atoms with Crippen molar-refractivity contribution in [3.8, 4) is 0 Å². The van der Waals surface area contributed by atoms with Crippen LogP contribution in [0.2, 0.25) is 0 Å². The average molecular weight is 175 g/mol. The largest absolute Gasteiger partial charge is 0.465 e. The van der Waals surface area contributed by atoms with Gasteiger partial charge in [0.05, 0.1) is 12.6 Å². The van der Waals surface area contributed by atoms with E-state index in [9.17, 15) is 4.79 Å². The van der Waals surface area contributed by atoms with Gasteiger partial charge in [0.15, 0.2) is 0 Å². The molecule has 0 aliphatic carbocycles. The van der Waals surface area contributed by atoms with Crippen LogP contribution in [-0.4, -0.2) is 41.7 Å². The number of nitrogens with one attached hydrogen (secondary N) is 1. The number of carboxylic acid groups (broad SMARTS) is 1. The highest BCUT2D eigenvalue weighted by Crippen LogP contribution is 2.13. The predicted molar refractivity (Wildman–Crippen MR) is 41.0 cm³/mol. The van der Waals surface area contributed by atoms with E-state index in [2.05, 4.69) is 5.32 Å². The molecule has 1 fully saturated rings. The summed E-state index contributed by atoms with van der Waals surface area (Å²) in [6.45, 7) is 0.466. The Morgan fingerprint density at radius 3 is 3.00 bits per heavy atom. The van der Waals surface area contributed by atoms with Crippen molar-refractivity contribution in [1.82, 2.24) is 5.32 Å². The summed E-state index contributed by atoms with van der Waals surface area (Å²) in [5.74, 6) is 0. The second kappa shape index (κ2) is 4.27. The van der Waals surface area contributed by atoms with Gasteiger partial charge in [0.1, 0.15) is 6.10 Å². The Morgan fingerprint density at radius 2 is 2.42 bits per heavy atom. The number of hydrogen-bond donors (Lipinski definition) is 3. The topological polar surface area (TPSA) is 78.8 Å². The summed E-state index contributed by atoms with van der Waals surface area (Å²) in [4.78, 5) is 10.3. The molecular formula is C7H13NO4. The molecular weight excluding hydrogens is 162 g/mol. The Hall–Kier alpha value is -0.810. The van der Waals surface area contributed by atoms with Gasteiger partial charge in [-0.3, -0.25) is 0 Å². The lowest BCUT2D eigenvalue weighted by molar-refractivity contribution is -0.0373. The molecule has 1 rings (SSSR count). The molecule has 0 aromatic rings. The van der Waals surface area contributed by atoms with E-state index in [4.69, 9.17) is 14.9 Å². The van der Waals surface area contributed by atoms with E-state index in [1.807, 2.05) is 0 Å². The molecule has 1 amide bonds. The first-order valence-corrected chi connectivity index (χ1v) is 3.96. The minimum absolute atomic E-state index is 0.134. The van der Waals surface area contributed by atoms with Gasteiger partial charge in [-0.2, -0.15) is 0 Å². The van der Waals surface area contributed by atoms with Gasteiger partial charge in [-0.1, -0.05) is 0 Å². The van der Waals surface area contributed by atoms with Crippen molar-refractivity contribution in [1.29, 1.82) is 0 Å². The van der Waals surface area contributed by atoms with Crippen molar-refractivity contribution < 1.29 is 19.7 Å². The minimum Gasteiger partial charge on any atom is -0.465 e. The van der Waals surface area contributed by atoms with Crippen LogP contribution in [0.1, 0.15) is 12.8 Å². The van der Waals surface area contributed by atoms with Crippen LogP contribution in [0.3, 0.4) is 0 Å². The molecule has 1 aliphatic heterocycles. The number of amides is 1. The Bertz CT molecular complexity index is 161. The van der Waals surface area contributed by atoms with Crippen molar-refractivity contribution >= 4 is 6.09 Å². The lowest BCUT2D eigenvalue weighted by Crippen LogP contribution is -2.48. The van der Waals surface area contributed by atoms with Gasteiger partial charge >= 0.3 is 6.09 Å². The van der Waals surface area contributed by atoms with Gasteiger partial charge in [-0.05, 0) is 12.8 Å². The van der Waals surface area contributed by atoms with Crippen molar-refractivity contribution in [2.24, 2.45) is 0 Å². The van der Waals surface area contributed by atoms with Crippen molar-refractivity contribution in [2.75, 3.05) is 13.2 Å². The van der Waals surface area contributed by atoms with Crippen LogP contribution in [0.25, 0.3) is 0 Å². The summed E-state index contributed by atoms with van der Waals surface area (Å²) >= 11 is 0. The first-order chi connectivity index (χ1) is 5.74. The van der Waals surface area contributed by atoms with Crippen molar-refractivity contribution in [2.45, 2.75) is 25.0 Å². The zero-order valence-electron chi connectivity index (χ0n) is 6.69. The molecule has 2 atom stereocenters. The number of aliphatic hydroxyl groups excluding tert-OH is 1. The third-order valence-corrected chi connectivity index (χ3v) is 1.93. The van der Waals surface area contributed by atoms with Crippen LogP contribution < -0.4 is 5.32 Å². The summed E-state index contributed by atoms with van der Waals surface area (Å²) in [5.41, 5.74) is 0. The normalized spacial score (nSPS) is 29.8. The van der Waals surface area contributed by atoms with Crippen LogP contribution in [0.4, 0.5) is 4.79 Å². The molecule has 0 saturated carbocycles. The standard InChI is InChI=1S/C7H13NO4/c9-4-6-5(8-7(10)11)2-1-3-12-6/h5-6,8-9H,1-4H2,(H,10,11)/t5-,6+/m0/s1. The maximum atomic E-state index is 10.3. The molecule has 0 aromatic heterocycles. The monoisotopic (exact) mass is 175 g/mol. The highest BCUT2D eigenvalue weighted by molar-refractivity contribution is 5.64. The first kappa shape index (κ1) is 9.28. The summed E-state index contributed by atoms with van der Waals surface area (Å²) in [7, 11) is 0. The maximum Gasteiger partial charge on any atom is 0.404 e. The lowest BCUT2D eigenvalue weighted by Gasteiger charge is -2.29. The van der Waals surface area contributed by atoms with Crippen LogP contribution in [0.5, 0.6) is 0 Å². The molecule has 0 unspecified atom stereocenters. The summed E-state index contributed by atoms with van der Waals surface area (Å²) in [6.07, 6.45) is 0.123. The molecule has 0 radical (unpaired) electrons. The molecule has 5 heteroatoms. The average Bonchev–Trinajstić information content (AvgIpc) is 2.04. The highest BCUT2D eigenvalue weighted by Gasteiger charge is 2.26. The Labute approximate surface area is 70.3 Å². The van der Waals surface area contributed by atoms with Crippen LogP contribution >= 0.6 is 0 Å². The summed E-state index contributed by atoms with van der Waals surface area (Å²) in [5, 5.41) is 19.6. The van der Waals surface area contributed by atoms with Crippen LogP contribution in [0.15, 0.2) is 0 Å². The molecule has 5 nitrogen and oxygen atoms in total. The molecule has 0 aromatic carbocycles. The van der Waals surface area contributed by atoms with Crippen LogP contribution in [0, 0.1) is 0 Å². The third-order valence-electron chi connectivity index (χ3n) is 1.93. The predicted octanol–water partition coefficient (Wildman–Crippen LogP) is -0.206. The Kier molecular flexibility index (Phi) is 3.31. The van der Waals surface area contributed by atoms with E-state index in [0.717, 1.165) is 12.8 Å². The molecule has 0 bridgehead atoms. The SMILES string of the molecule is O=C(O)N[C@H]1CCCO[C@@H]1CO. The second-order valence-corrected chi connectivity index (χ2v) is 2.79. The molecule has 12 heavy (non-hydrogen) atoms. The van der Waals surface area contributed by atoms with E-state index >= 15 is 0 Å². The number of aliphatic hydroxyl groups is 1. The zero-order valence-corrected chi connectivity index (χ0v) is 6.69. The van der Waals surface area contributed by atoms with Gasteiger partial charge in [-0.15, -0.1) is 0 Å². The number of carbonyl (C=O) groups is 1. The summed E-state index contributed by atoms with van der Waals surface area (Å²) < 4.78 is 5.16. The molecule has 70 valence electrons.